The first kappa shape index (κ1) is 21.9. The van der Waals surface area contributed by atoms with E-state index in [2.05, 4.69) is 53.1 Å². The van der Waals surface area contributed by atoms with Gasteiger partial charge in [0.15, 0.2) is 11.0 Å². The number of anilines is 2. The van der Waals surface area contributed by atoms with E-state index in [9.17, 15) is 4.79 Å². The molecule has 2 aliphatic rings. The van der Waals surface area contributed by atoms with Crippen LogP contribution in [0.15, 0.2) is 53.4 Å². The molecule has 1 amide bonds. The van der Waals surface area contributed by atoms with Gasteiger partial charge in [0.25, 0.3) is 5.91 Å². The highest BCUT2D eigenvalue weighted by atomic mass is 32.2. The van der Waals surface area contributed by atoms with Gasteiger partial charge < -0.3 is 14.7 Å². The first-order valence-electron chi connectivity index (χ1n) is 10.6. The van der Waals surface area contributed by atoms with Gasteiger partial charge in [-0.15, -0.1) is 0 Å². The molecule has 0 unspecified atom stereocenters. The molecule has 0 radical (unpaired) electrons. The Morgan fingerprint density at radius 3 is 2.48 bits per heavy atom. The van der Waals surface area contributed by atoms with E-state index in [0.717, 1.165) is 37.4 Å². The summed E-state index contributed by atoms with van der Waals surface area (Å²) in [6.07, 6.45) is 1.95. The molecule has 162 valence electrons. The lowest BCUT2D eigenvalue weighted by Gasteiger charge is -2.35. The van der Waals surface area contributed by atoms with Gasteiger partial charge in [0.2, 0.25) is 0 Å². The number of quaternary nitrogens is 1. The van der Waals surface area contributed by atoms with Crippen molar-refractivity contribution in [3.8, 4) is 0 Å². The zero-order chi connectivity index (χ0) is 22.0. The summed E-state index contributed by atoms with van der Waals surface area (Å²) in [4.78, 5) is 21.4. The Bertz CT molecular complexity index is 995. The fourth-order valence-electron chi connectivity index (χ4n) is 3.94. The Morgan fingerprint density at radius 2 is 1.84 bits per heavy atom. The topological polar surface area (TPSA) is 31.2 Å². The summed E-state index contributed by atoms with van der Waals surface area (Å²) in [5.74, 6) is 0.0281. The minimum atomic E-state index is 0.0281. The molecule has 5 nitrogen and oxygen atoms in total. The number of thioether (sulfide) groups is 1. The smallest absolute Gasteiger partial charge is 0.270 e. The van der Waals surface area contributed by atoms with Gasteiger partial charge >= 0.3 is 0 Å². The molecule has 2 saturated heterocycles. The van der Waals surface area contributed by atoms with Crippen LogP contribution in [0.1, 0.15) is 11.1 Å². The Hall–Kier alpha value is -2.35. The van der Waals surface area contributed by atoms with Gasteiger partial charge in [0.1, 0.15) is 0 Å². The first-order valence-corrected chi connectivity index (χ1v) is 11.8. The van der Waals surface area contributed by atoms with Crippen LogP contribution < -0.4 is 14.7 Å². The van der Waals surface area contributed by atoms with Crippen LogP contribution in [-0.4, -0.2) is 62.1 Å². The van der Waals surface area contributed by atoms with E-state index in [-0.39, 0.29) is 5.91 Å². The van der Waals surface area contributed by atoms with E-state index < -0.39 is 0 Å². The summed E-state index contributed by atoms with van der Waals surface area (Å²) < 4.78 is 0.662. The third kappa shape index (κ3) is 5.11. The number of rotatable bonds is 5. The average molecular weight is 454 g/mol. The molecule has 2 heterocycles. The molecular formula is C24H29N4OS2+. The molecule has 2 aromatic rings. The van der Waals surface area contributed by atoms with Gasteiger partial charge in [-0.05, 0) is 48.4 Å². The number of carbonyl (C=O) groups excluding carboxylic acids is 1. The molecule has 0 saturated carbocycles. The van der Waals surface area contributed by atoms with Crippen LogP contribution in [-0.2, 0) is 4.79 Å². The van der Waals surface area contributed by atoms with Crippen molar-refractivity contribution in [2.75, 3.05) is 56.7 Å². The summed E-state index contributed by atoms with van der Waals surface area (Å²) in [6, 6.07) is 16.9. The van der Waals surface area contributed by atoms with Crippen LogP contribution in [0.5, 0.6) is 0 Å². The summed E-state index contributed by atoms with van der Waals surface area (Å²) in [5.41, 5.74) is 4.73. The second-order valence-electron chi connectivity index (χ2n) is 8.33. The third-order valence-corrected chi connectivity index (χ3v) is 7.18. The molecule has 0 bridgehead atoms. The van der Waals surface area contributed by atoms with Crippen molar-refractivity contribution in [2.24, 2.45) is 0 Å². The van der Waals surface area contributed by atoms with Gasteiger partial charge in [-0.3, -0.25) is 4.79 Å². The Kier molecular flexibility index (Phi) is 6.65. The Balaban J connectivity index is 1.36. The molecule has 2 aliphatic heterocycles. The number of nitrogens with zero attached hydrogens (tertiary/aromatic N) is 3. The lowest BCUT2D eigenvalue weighted by atomic mass is 10.2. The minimum absolute atomic E-state index is 0.0281. The highest BCUT2D eigenvalue weighted by Crippen LogP contribution is 2.32. The Morgan fingerprint density at radius 1 is 1.13 bits per heavy atom. The number of hydrogen-bond donors (Lipinski definition) is 1. The van der Waals surface area contributed by atoms with Crippen LogP contribution in [0.4, 0.5) is 11.4 Å². The molecule has 0 aliphatic carbocycles. The predicted octanol–water partition coefficient (Wildman–Crippen LogP) is 2.62. The van der Waals surface area contributed by atoms with Gasteiger partial charge in [0, 0.05) is 25.5 Å². The fourth-order valence-corrected chi connectivity index (χ4v) is 5.20. The van der Waals surface area contributed by atoms with Crippen molar-refractivity contribution in [3.63, 3.8) is 0 Å². The zero-order valence-corrected chi connectivity index (χ0v) is 19.9. The fraction of sp³-hybridized carbons (Fsp3) is 0.333. The number of aryl methyl sites for hydroxylation is 1. The van der Waals surface area contributed by atoms with E-state index in [1.807, 2.05) is 32.3 Å². The molecule has 0 atom stereocenters. The molecule has 1 N–H and O–H groups in total. The lowest BCUT2D eigenvalue weighted by molar-refractivity contribution is -0.907. The largest absolute Gasteiger partial charge is 0.378 e. The molecule has 0 aromatic heterocycles. The molecule has 2 aromatic carbocycles. The monoisotopic (exact) mass is 453 g/mol. The lowest BCUT2D eigenvalue weighted by Crippen LogP contribution is -3.16. The molecule has 31 heavy (non-hydrogen) atoms. The molecule has 7 heteroatoms. The number of benzene rings is 2. The van der Waals surface area contributed by atoms with Crippen LogP contribution in [0.25, 0.3) is 6.08 Å². The van der Waals surface area contributed by atoms with Crippen LogP contribution in [0, 0.1) is 6.92 Å². The quantitative estimate of drug-likeness (QED) is 0.556. The van der Waals surface area contributed by atoms with Crippen molar-refractivity contribution in [2.45, 2.75) is 6.92 Å². The number of thiocarbonyl (C=S) groups is 1. The van der Waals surface area contributed by atoms with E-state index in [0.29, 0.717) is 15.9 Å². The van der Waals surface area contributed by atoms with Crippen molar-refractivity contribution >= 4 is 51.7 Å². The predicted molar refractivity (Wildman–Crippen MR) is 135 cm³/mol. The van der Waals surface area contributed by atoms with E-state index in [1.54, 1.807) is 4.90 Å². The van der Waals surface area contributed by atoms with Crippen molar-refractivity contribution in [1.82, 2.24) is 4.90 Å². The highest BCUT2D eigenvalue weighted by molar-refractivity contribution is 8.26. The summed E-state index contributed by atoms with van der Waals surface area (Å²) in [7, 11) is 4.03. The highest BCUT2D eigenvalue weighted by Gasteiger charge is 2.35. The maximum absolute atomic E-state index is 13.0. The van der Waals surface area contributed by atoms with Crippen LogP contribution >= 0.6 is 24.0 Å². The van der Waals surface area contributed by atoms with Gasteiger partial charge in [-0.25, -0.2) is 4.90 Å². The standard InChI is InChI=1S/C24H28N4OS2/c1-18-5-4-6-21(15-18)27-13-11-26(12-14-27)17-28-23(29)22(31-24(28)30)16-19-7-9-20(10-8-19)25(2)3/h4-10,15-16H,11-14,17H2,1-3H3/p+1/b22-16-. The number of hydrogen-bond acceptors (Lipinski definition) is 5. The SMILES string of the molecule is Cc1cccc(N2CC[NH+](CN3C(=O)/C(=C/c4ccc(N(C)C)cc4)SC3=S)CC2)c1. The van der Waals surface area contributed by atoms with Crippen molar-refractivity contribution in [1.29, 1.82) is 0 Å². The van der Waals surface area contributed by atoms with Gasteiger partial charge in [0.05, 0.1) is 31.1 Å². The number of carbonyl (C=O) groups is 1. The third-order valence-electron chi connectivity index (χ3n) is 5.80. The zero-order valence-electron chi connectivity index (χ0n) is 18.3. The second kappa shape index (κ2) is 9.42. The summed E-state index contributed by atoms with van der Waals surface area (Å²) in [6.45, 7) is 6.74. The summed E-state index contributed by atoms with van der Waals surface area (Å²) in [5, 5.41) is 0. The minimum Gasteiger partial charge on any atom is -0.378 e. The van der Waals surface area contributed by atoms with Crippen LogP contribution in [0.2, 0.25) is 0 Å². The van der Waals surface area contributed by atoms with Gasteiger partial charge in [-0.1, -0.05) is 48.2 Å². The summed E-state index contributed by atoms with van der Waals surface area (Å²) >= 11 is 6.95. The van der Waals surface area contributed by atoms with E-state index >= 15 is 0 Å². The average Bonchev–Trinajstić information content (AvgIpc) is 3.02. The number of piperazine rings is 1. The number of amides is 1. The maximum atomic E-state index is 13.0. The molecule has 2 fully saturated rings. The van der Waals surface area contributed by atoms with E-state index in [4.69, 9.17) is 12.2 Å². The van der Waals surface area contributed by atoms with Crippen molar-refractivity contribution in [3.05, 3.63) is 64.6 Å². The first-order chi connectivity index (χ1) is 14.9. The maximum Gasteiger partial charge on any atom is 0.270 e. The second-order valence-corrected chi connectivity index (χ2v) is 10.0. The van der Waals surface area contributed by atoms with E-state index in [1.165, 1.54) is 27.9 Å². The molecular weight excluding hydrogens is 424 g/mol. The van der Waals surface area contributed by atoms with Crippen LogP contribution in [0.3, 0.4) is 0 Å². The number of nitrogens with one attached hydrogen (secondary N) is 1. The molecule has 0 spiro atoms. The van der Waals surface area contributed by atoms with Gasteiger partial charge in [-0.2, -0.15) is 0 Å². The Labute approximate surface area is 194 Å². The van der Waals surface area contributed by atoms with Crippen molar-refractivity contribution < 1.29 is 9.69 Å². The molecule has 4 rings (SSSR count). The normalized spacial score (nSPS) is 18.9.